The zero-order chi connectivity index (χ0) is 18.3. The highest BCUT2D eigenvalue weighted by Gasteiger charge is 2.15. The van der Waals surface area contributed by atoms with Gasteiger partial charge in [-0.2, -0.15) is 0 Å². The molecule has 1 amide bonds. The van der Waals surface area contributed by atoms with Crippen LogP contribution in [0.1, 0.15) is 19.4 Å². The summed E-state index contributed by atoms with van der Waals surface area (Å²) in [6.45, 7) is 4.10. The van der Waals surface area contributed by atoms with Crippen LogP contribution in [-0.4, -0.2) is 27.5 Å². The van der Waals surface area contributed by atoms with Crippen molar-refractivity contribution >= 4 is 21.6 Å². The molecule has 0 heterocycles. The minimum absolute atomic E-state index is 0.138. The van der Waals surface area contributed by atoms with Gasteiger partial charge in [-0.15, -0.1) is 0 Å². The largest absolute Gasteiger partial charge is 0.494 e. The Morgan fingerprint density at radius 1 is 1.00 bits per heavy atom. The lowest BCUT2D eigenvalue weighted by Crippen LogP contribution is -2.32. The van der Waals surface area contributed by atoms with Crippen LogP contribution in [0.15, 0.2) is 53.4 Å². The Hall–Kier alpha value is -2.38. The molecule has 2 aromatic carbocycles. The first-order valence-corrected chi connectivity index (χ1v) is 9.54. The molecule has 134 valence electrons. The molecule has 0 aliphatic carbocycles. The predicted molar refractivity (Wildman–Crippen MR) is 97.2 cm³/mol. The third kappa shape index (κ3) is 5.58. The van der Waals surface area contributed by atoms with Crippen LogP contribution < -0.4 is 14.8 Å². The first-order chi connectivity index (χ1) is 11.9. The number of hydrogen-bond acceptors (Lipinski definition) is 4. The topological polar surface area (TPSA) is 84.5 Å². The summed E-state index contributed by atoms with van der Waals surface area (Å²) in [5, 5.41) is 2.63. The molecule has 2 rings (SSSR count). The van der Waals surface area contributed by atoms with E-state index in [1.165, 1.54) is 12.1 Å². The van der Waals surface area contributed by atoms with Gasteiger partial charge in [-0.05, 0) is 55.3 Å². The quantitative estimate of drug-likeness (QED) is 0.756. The minimum atomic E-state index is -3.72. The monoisotopic (exact) mass is 362 g/mol. The van der Waals surface area contributed by atoms with E-state index in [-0.39, 0.29) is 11.4 Å². The molecule has 7 heteroatoms. The number of anilines is 1. The fourth-order valence-electron chi connectivity index (χ4n) is 2.15. The van der Waals surface area contributed by atoms with E-state index >= 15 is 0 Å². The highest BCUT2D eigenvalue weighted by atomic mass is 32.2. The molecule has 0 unspecified atom stereocenters. The van der Waals surface area contributed by atoms with Gasteiger partial charge in [0.15, 0.2) is 0 Å². The molecule has 2 N–H and O–H groups in total. The number of benzene rings is 2. The van der Waals surface area contributed by atoms with Gasteiger partial charge in [-0.1, -0.05) is 19.1 Å². The van der Waals surface area contributed by atoms with E-state index in [0.717, 1.165) is 12.0 Å². The van der Waals surface area contributed by atoms with Crippen molar-refractivity contribution in [3.63, 3.8) is 0 Å². The van der Waals surface area contributed by atoms with Gasteiger partial charge in [-0.3, -0.25) is 4.79 Å². The zero-order valence-electron chi connectivity index (χ0n) is 14.3. The molecule has 0 spiro atoms. The highest BCUT2D eigenvalue weighted by molar-refractivity contribution is 7.89. The second-order valence-electron chi connectivity index (χ2n) is 5.33. The van der Waals surface area contributed by atoms with Crippen molar-refractivity contribution in [1.82, 2.24) is 4.72 Å². The Kier molecular flexibility index (Phi) is 6.55. The Morgan fingerprint density at radius 2 is 1.64 bits per heavy atom. The van der Waals surface area contributed by atoms with E-state index in [0.29, 0.717) is 18.0 Å². The SMILES string of the molecule is CCOc1ccc(NC(=O)CNS(=O)(=O)c2ccc(CC)cc2)cc1. The molecular weight excluding hydrogens is 340 g/mol. The molecule has 0 aromatic heterocycles. The third-order valence-electron chi connectivity index (χ3n) is 3.51. The van der Waals surface area contributed by atoms with Crippen molar-refractivity contribution in [3.05, 3.63) is 54.1 Å². The standard InChI is InChI=1S/C18H22N2O4S/c1-3-14-5-11-17(12-6-14)25(22,23)19-13-18(21)20-15-7-9-16(10-8-15)24-4-2/h5-12,19H,3-4,13H2,1-2H3,(H,20,21). The molecule has 0 radical (unpaired) electrons. The average Bonchev–Trinajstić information content (AvgIpc) is 2.62. The van der Waals surface area contributed by atoms with Crippen molar-refractivity contribution in [3.8, 4) is 5.75 Å². The van der Waals surface area contributed by atoms with Gasteiger partial charge < -0.3 is 10.1 Å². The first kappa shape index (κ1) is 19.0. The zero-order valence-corrected chi connectivity index (χ0v) is 15.1. The van der Waals surface area contributed by atoms with Crippen LogP contribution in [0.2, 0.25) is 0 Å². The van der Waals surface area contributed by atoms with E-state index in [9.17, 15) is 13.2 Å². The Morgan fingerprint density at radius 3 is 2.20 bits per heavy atom. The van der Waals surface area contributed by atoms with Gasteiger partial charge in [0.25, 0.3) is 0 Å². The van der Waals surface area contributed by atoms with Crippen molar-refractivity contribution in [1.29, 1.82) is 0 Å². The van der Waals surface area contributed by atoms with E-state index in [1.807, 2.05) is 13.8 Å². The number of ether oxygens (including phenoxy) is 1. The van der Waals surface area contributed by atoms with Crippen LogP contribution in [0.3, 0.4) is 0 Å². The molecule has 0 saturated heterocycles. The number of nitrogens with one attached hydrogen (secondary N) is 2. The van der Waals surface area contributed by atoms with Crippen LogP contribution in [0.5, 0.6) is 5.75 Å². The number of amides is 1. The highest BCUT2D eigenvalue weighted by Crippen LogP contribution is 2.15. The van der Waals surface area contributed by atoms with E-state index < -0.39 is 15.9 Å². The predicted octanol–water partition coefficient (Wildman–Crippen LogP) is 2.56. The van der Waals surface area contributed by atoms with Crippen LogP contribution in [-0.2, 0) is 21.2 Å². The Bertz CT molecular complexity index is 800. The Balaban J connectivity index is 1.91. The van der Waals surface area contributed by atoms with Gasteiger partial charge in [0.1, 0.15) is 5.75 Å². The van der Waals surface area contributed by atoms with Crippen LogP contribution in [0.25, 0.3) is 0 Å². The molecule has 25 heavy (non-hydrogen) atoms. The van der Waals surface area contributed by atoms with Gasteiger partial charge in [0.05, 0.1) is 18.0 Å². The number of aryl methyl sites for hydroxylation is 1. The summed E-state index contributed by atoms with van der Waals surface area (Å²) >= 11 is 0. The lowest BCUT2D eigenvalue weighted by atomic mass is 10.2. The van der Waals surface area contributed by atoms with Gasteiger partial charge >= 0.3 is 0 Å². The maximum absolute atomic E-state index is 12.2. The van der Waals surface area contributed by atoms with Gasteiger partial charge in [0.2, 0.25) is 15.9 Å². The second-order valence-corrected chi connectivity index (χ2v) is 7.09. The fraction of sp³-hybridized carbons (Fsp3) is 0.278. The molecule has 0 aliphatic heterocycles. The Labute approximate surface area is 148 Å². The van der Waals surface area contributed by atoms with E-state index in [1.54, 1.807) is 36.4 Å². The second kappa shape index (κ2) is 8.64. The number of hydrogen-bond donors (Lipinski definition) is 2. The summed E-state index contributed by atoms with van der Waals surface area (Å²) in [6, 6.07) is 13.4. The van der Waals surface area contributed by atoms with Crippen LogP contribution >= 0.6 is 0 Å². The van der Waals surface area contributed by atoms with E-state index in [2.05, 4.69) is 10.0 Å². The molecule has 0 bridgehead atoms. The average molecular weight is 362 g/mol. The van der Waals surface area contributed by atoms with Gasteiger partial charge in [-0.25, -0.2) is 13.1 Å². The van der Waals surface area contributed by atoms with Crippen molar-refractivity contribution < 1.29 is 17.9 Å². The first-order valence-electron chi connectivity index (χ1n) is 8.06. The van der Waals surface area contributed by atoms with Crippen molar-refractivity contribution in [2.75, 3.05) is 18.5 Å². The van der Waals surface area contributed by atoms with Crippen LogP contribution in [0.4, 0.5) is 5.69 Å². The molecular formula is C18H22N2O4S. The summed E-state index contributed by atoms with van der Waals surface area (Å²) in [6.07, 6.45) is 0.832. The minimum Gasteiger partial charge on any atom is -0.494 e. The maximum Gasteiger partial charge on any atom is 0.241 e. The summed E-state index contributed by atoms with van der Waals surface area (Å²) in [7, 11) is -3.72. The maximum atomic E-state index is 12.2. The number of sulfonamides is 1. The number of rotatable bonds is 8. The smallest absolute Gasteiger partial charge is 0.241 e. The van der Waals surface area contributed by atoms with Crippen molar-refractivity contribution in [2.45, 2.75) is 25.2 Å². The number of carbonyl (C=O) groups excluding carboxylic acids is 1. The fourth-order valence-corrected chi connectivity index (χ4v) is 3.14. The summed E-state index contributed by atoms with van der Waals surface area (Å²) in [4.78, 5) is 12.1. The van der Waals surface area contributed by atoms with Crippen LogP contribution in [0, 0.1) is 0 Å². The molecule has 0 aliphatic rings. The summed E-state index contributed by atoms with van der Waals surface area (Å²) in [5.74, 6) is 0.259. The van der Waals surface area contributed by atoms with Crippen molar-refractivity contribution in [2.24, 2.45) is 0 Å². The normalized spacial score (nSPS) is 11.1. The lowest BCUT2D eigenvalue weighted by molar-refractivity contribution is -0.115. The number of carbonyl (C=O) groups is 1. The van der Waals surface area contributed by atoms with E-state index in [4.69, 9.17) is 4.74 Å². The molecule has 0 fully saturated rings. The third-order valence-corrected chi connectivity index (χ3v) is 4.93. The lowest BCUT2D eigenvalue weighted by Gasteiger charge is -2.09. The molecule has 2 aromatic rings. The molecule has 0 atom stereocenters. The summed E-state index contributed by atoms with van der Waals surface area (Å²) in [5.41, 5.74) is 1.62. The molecule has 0 saturated carbocycles. The molecule has 6 nitrogen and oxygen atoms in total. The summed E-state index contributed by atoms with van der Waals surface area (Å²) < 4.78 is 32.0. The van der Waals surface area contributed by atoms with Gasteiger partial charge in [0, 0.05) is 5.69 Å².